The van der Waals surface area contributed by atoms with Crippen LogP contribution in [0.2, 0.25) is 5.02 Å². The van der Waals surface area contributed by atoms with Crippen LogP contribution in [0.3, 0.4) is 0 Å². The summed E-state index contributed by atoms with van der Waals surface area (Å²) in [7, 11) is 1.72. The number of amides is 3. The number of hydrogen-bond donors (Lipinski definition) is 0. The number of halogens is 1. The van der Waals surface area contributed by atoms with E-state index in [4.69, 9.17) is 30.8 Å². The lowest BCUT2D eigenvalue weighted by atomic mass is 10.1. The molecule has 3 heterocycles. The third-order valence-electron chi connectivity index (χ3n) is 6.81. The van der Waals surface area contributed by atoms with Crippen LogP contribution >= 0.6 is 11.6 Å². The van der Waals surface area contributed by atoms with Gasteiger partial charge in [-0.05, 0) is 56.7 Å². The van der Waals surface area contributed by atoms with Crippen LogP contribution in [0.5, 0.6) is 0 Å². The van der Waals surface area contributed by atoms with Crippen molar-refractivity contribution in [3.05, 3.63) is 34.9 Å². The fourth-order valence-corrected chi connectivity index (χ4v) is 5.01. The number of carbonyl (C=O) groups is 2. The summed E-state index contributed by atoms with van der Waals surface area (Å²) in [4.78, 5) is 36.6. The summed E-state index contributed by atoms with van der Waals surface area (Å²) in [6, 6.07) is 6.72. The van der Waals surface area contributed by atoms with E-state index < -0.39 is 12.2 Å². The number of fused-ring (bicyclic) bond motifs is 1. The molecule has 9 nitrogen and oxygen atoms in total. The second kappa shape index (κ2) is 12.9. The molecule has 3 amide bonds. The number of imide groups is 1. The molecular weight excluding hydrogens is 484 g/mol. The van der Waals surface area contributed by atoms with E-state index in [1.807, 2.05) is 36.1 Å². The Balaban J connectivity index is 1.44. The molecular formula is C26H37ClN4O5. The molecule has 3 aliphatic heterocycles. The molecule has 2 saturated heterocycles. The summed E-state index contributed by atoms with van der Waals surface area (Å²) in [5.74, 6) is 0.613. The monoisotopic (exact) mass is 520 g/mol. The number of ether oxygens (including phenoxy) is 3. The Morgan fingerprint density at radius 2 is 1.94 bits per heavy atom. The van der Waals surface area contributed by atoms with Gasteiger partial charge in [-0.25, -0.2) is 9.79 Å². The van der Waals surface area contributed by atoms with Crippen molar-refractivity contribution in [1.82, 2.24) is 14.7 Å². The van der Waals surface area contributed by atoms with E-state index in [9.17, 15) is 9.59 Å². The Kier molecular flexibility index (Phi) is 9.59. The summed E-state index contributed by atoms with van der Waals surface area (Å²) in [6.07, 6.45) is 4.34. The van der Waals surface area contributed by atoms with Crippen molar-refractivity contribution in [2.75, 3.05) is 40.0 Å². The van der Waals surface area contributed by atoms with Gasteiger partial charge in [-0.1, -0.05) is 23.7 Å². The average Bonchev–Trinajstić information content (AvgIpc) is 3.25. The number of urea groups is 1. The summed E-state index contributed by atoms with van der Waals surface area (Å²) < 4.78 is 16.9. The van der Waals surface area contributed by atoms with Gasteiger partial charge in [0.15, 0.2) is 18.5 Å². The van der Waals surface area contributed by atoms with Gasteiger partial charge in [-0.3, -0.25) is 9.69 Å². The molecule has 1 aromatic rings. The van der Waals surface area contributed by atoms with Gasteiger partial charge in [0, 0.05) is 51.4 Å². The van der Waals surface area contributed by atoms with E-state index in [0.717, 1.165) is 43.7 Å². The van der Waals surface area contributed by atoms with E-state index in [1.54, 1.807) is 11.9 Å². The molecule has 36 heavy (non-hydrogen) atoms. The first-order chi connectivity index (χ1) is 17.5. The van der Waals surface area contributed by atoms with Gasteiger partial charge in [-0.15, -0.1) is 0 Å². The lowest BCUT2D eigenvalue weighted by Crippen LogP contribution is -2.65. The fourth-order valence-electron chi connectivity index (χ4n) is 4.88. The fraction of sp³-hybridized carbons (Fsp3) is 0.654. The minimum atomic E-state index is -0.562. The van der Waals surface area contributed by atoms with Gasteiger partial charge in [0.1, 0.15) is 5.84 Å². The summed E-state index contributed by atoms with van der Waals surface area (Å²) >= 11 is 6.08. The topological polar surface area (TPSA) is 83.9 Å². The molecule has 4 rings (SSSR count). The third kappa shape index (κ3) is 6.37. The SMILES string of the molecule is CCOCCCC1=NC2C(C(=O)N(CCCOC3CCCCO3)C(=O)N2C)N1Cc1ccc(Cl)cc1. The standard InChI is InChI=1S/C26H37ClN4O5/c1-3-34-15-6-8-21-28-24-23(31(21)18-19-10-12-20(27)13-11-19)25(32)30(26(33)29(24)2)14-7-17-36-22-9-4-5-16-35-22/h10-13,22-24H,3-9,14-18H2,1-2H3. The van der Waals surface area contributed by atoms with Crippen LogP contribution in [0.25, 0.3) is 0 Å². The zero-order chi connectivity index (χ0) is 25.5. The van der Waals surface area contributed by atoms with Gasteiger partial charge in [0.25, 0.3) is 5.91 Å². The number of amidine groups is 1. The summed E-state index contributed by atoms with van der Waals surface area (Å²) in [5, 5.41) is 0.662. The predicted octanol–water partition coefficient (Wildman–Crippen LogP) is 3.89. The maximum absolute atomic E-state index is 13.7. The Labute approximate surface area is 218 Å². The highest BCUT2D eigenvalue weighted by atomic mass is 35.5. The van der Waals surface area contributed by atoms with E-state index >= 15 is 0 Å². The van der Waals surface area contributed by atoms with Crippen molar-refractivity contribution < 1.29 is 23.8 Å². The molecule has 3 unspecified atom stereocenters. The van der Waals surface area contributed by atoms with Crippen LogP contribution < -0.4 is 0 Å². The quantitative estimate of drug-likeness (QED) is 0.389. The molecule has 0 bridgehead atoms. The Bertz CT molecular complexity index is 921. The molecule has 0 radical (unpaired) electrons. The van der Waals surface area contributed by atoms with Gasteiger partial charge in [0.05, 0.1) is 6.61 Å². The van der Waals surface area contributed by atoms with Crippen LogP contribution in [0.1, 0.15) is 51.0 Å². The molecule has 3 aliphatic rings. The lowest BCUT2D eigenvalue weighted by Gasteiger charge is -2.41. The number of likely N-dealkylation sites (N-methyl/N-ethyl adjacent to an activating group) is 1. The third-order valence-corrected chi connectivity index (χ3v) is 7.06. The molecule has 0 aromatic heterocycles. The zero-order valence-electron chi connectivity index (χ0n) is 21.2. The number of rotatable bonds is 12. The second-order valence-corrected chi connectivity index (χ2v) is 9.80. The molecule has 1 aromatic carbocycles. The molecule has 0 saturated carbocycles. The highest BCUT2D eigenvalue weighted by molar-refractivity contribution is 6.30. The van der Waals surface area contributed by atoms with Gasteiger partial charge in [0.2, 0.25) is 0 Å². The van der Waals surface area contributed by atoms with Crippen molar-refractivity contribution >= 4 is 29.4 Å². The Hall–Kier alpha value is -2.20. The normalized spacial score (nSPS) is 24.4. The Morgan fingerprint density at radius 3 is 2.67 bits per heavy atom. The highest BCUT2D eigenvalue weighted by Crippen LogP contribution is 2.31. The summed E-state index contributed by atoms with van der Waals surface area (Å²) in [6.45, 7) is 5.22. The molecule has 0 spiro atoms. The minimum absolute atomic E-state index is 0.184. The van der Waals surface area contributed by atoms with Crippen LogP contribution in [-0.4, -0.2) is 91.0 Å². The number of nitrogens with zero attached hydrogens (tertiary/aromatic N) is 4. The first-order valence-corrected chi connectivity index (χ1v) is 13.3. The van der Waals surface area contributed by atoms with Crippen molar-refractivity contribution in [3.63, 3.8) is 0 Å². The maximum atomic E-state index is 13.7. The average molecular weight is 521 g/mol. The lowest BCUT2D eigenvalue weighted by molar-refractivity contribution is -0.163. The largest absolute Gasteiger partial charge is 0.382 e. The van der Waals surface area contributed by atoms with Crippen molar-refractivity contribution in [2.45, 2.75) is 70.5 Å². The Morgan fingerprint density at radius 1 is 1.14 bits per heavy atom. The van der Waals surface area contributed by atoms with Gasteiger partial charge < -0.3 is 24.0 Å². The molecule has 2 fully saturated rings. The van der Waals surface area contributed by atoms with Crippen LogP contribution in [0.15, 0.2) is 29.3 Å². The zero-order valence-corrected chi connectivity index (χ0v) is 22.0. The van der Waals surface area contributed by atoms with Crippen molar-refractivity contribution in [2.24, 2.45) is 4.99 Å². The number of carbonyl (C=O) groups excluding carboxylic acids is 2. The second-order valence-electron chi connectivity index (χ2n) is 9.36. The van der Waals surface area contributed by atoms with Crippen LogP contribution in [0, 0.1) is 0 Å². The van der Waals surface area contributed by atoms with Gasteiger partial charge in [-0.2, -0.15) is 0 Å². The van der Waals surface area contributed by atoms with Crippen LogP contribution in [0.4, 0.5) is 4.79 Å². The van der Waals surface area contributed by atoms with E-state index in [0.29, 0.717) is 50.8 Å². The van der Waals surface area contributed by atoms with Crippen molar-refractivity contribution in [1.29, 1.82) is 0 Å². The predicted molar refractivity (Wildman–Crippen MR) is 137 cm³/mol. The number of benzene rings is 1. The van der Waals surface area contributed by atoms with Gasteiger partial charge >= 0.3 is 6.03 Å². The van der Waals surface area contributed by atoms with E-state index in [2.05, 4.69) is 0 Å². The molecule has 0 aliphatic carbocycles. The minimum Gasteiger partial charge on any atom is -0.382 e. The molecule has 198 valence electrons. The number of aliphatic imine (C=N–C) groups is 1. The maximum Gasteiger partial charge on any atom is 0.328 e. The van der Waals surface area contributed by atoms with E-state index in [1.165, 1.54) is 4.90 Å². The smallest absolute Gasteiger partial charge is 0.328 e. The van der Waals surface area contributed by atoms with Crippen LogP contribution in [-0.2, 0) is 25.5 Å². The highest BCUT2D eigenvalue weighted by Gasteiger charge is 2.51. The van der Waals surface area contributed by atoms with Crippen molar-refractivity contribution in [3.8, 4) is 0 Å². The first-order valence-electron chi connectivity index (χ1n) is 13.0. The first kappa shape index (κ1) is 26.9. The van der Waals surface area contributed by atoms with E-state index in [-0.39, 0.29) is 18.2 Å². The number of hydrogen-bond acceptors (Lipinski definition) is 7. The summed E-state index contributed by atoms with van der Waals surface area (Å²) in [5.41, 5.74) is 1.03. The molecule has 3 atom stereocenters. The molecule has 10 heteroatoms. The molecule has 0 N–H and O–H groups in total.